The number of rotatable bonds is 9. The van der Waals surface area contributed by atoms with E-state index >= 15 is 0 Å². The number of carbonyl (C=O) groups excluding carboxylic acids is 1. The summed E-state index contributed by atoms with van der Waals surface area (Å²) >= 11 is 0. The highest BCUT2D eigenvalue weighted by Crippen LogP contribution is 2.31. The van der Waals surface area contributed by atoms with E-state index < -0.39 is 27.0 Å². The van der Waals surface area contributed by atoms with Gasteiger partial charge < -0.3 is 10.5 Å². The number of nitrogens with one attached hydrogen (secondary N) is 1. The highest BCUT2D eigenvalue weighted by atomic mass is 32.2. The fourth-order valence-electron chi connectivity index (χ4n) is 3.36. The molecule has 0 amide bonds. The Balaban J connectivity index is 2.04. The quantitative estimate of drug-likeness (QED) is 0.366. The van der Waals surface area contributed by atoms with E-state index in [4.69, 9.17) is 10.5 Å². The lowest BCUT2D eigenvalue weighted by Crippen LogP contribution is -2.42. The molecule has 0 bridgehead atoms. The van der Waals surface area contributed by atoms with Crippen LogP contribution in [0, 0.1) is 10.1 Å². The molecule has 1 aromatic carbocycles. The fraction of sp³-hybridized carbons (Fsp3) is 0.588. The maximum Gasteiger partial charge on any atom is 0.323 e. The van der Waals surface area contributed by atoms with Crippen LogP contribution in [0.1, 0.15) is 44.9 Å². The third kappa shape index (κ3) is 5.72. The lowest BCUT2D eigenvalue weighted by atomic mass is 9.91. The van der Waals surface area contributed by atoms with Crippen LogP contribution in [0.2, 0.25) is 0 Å². The van der Waals surface area contributed by atoms with Gasteiger partial charge in [-0.2, -0.15) is 4.72 Å². The first kappa shape index (κ1) is 21.3. The van der Waals surface area contributed by atoms with E-state index in [1.807, 2.05) is 0 Å². The number of nitrogens with two attached hydrogens (primary N) is 1. The van der Waals surface area contributed by atoms with Crippen LogP contribution in [0.15, 0.2) is 29.2 Å². The Bertz CT molecular complexity index is 772. The van der Waals surface area contributed by atoms with E-state index in [-0.39, 0.29) is 22.5 Å². The van der Waals surface area contributed by atoms with Crippen molar-refractivity contribution < 1.29 is 22.9 Å². The molecule has 1 atom stereocenters. The van der Waals surface area contributed by atoms with Crippen LogP contribution in [0.4, 0.5) is 5.69 Å². The number of nitro benzene ring substituents is 1. The van der Waals surface area contributed by atoms with Gasteiger partial charge in [-0.1, -0.05) is 12.8 Å². The second kappa shape index (κ2) is 8.77. The second-order valence-corrected chi connectivity index (χ2v) is 8.62. The summed E-state index contributed by atoms with van der Waals surface area (Å²) in [7, 11) is -2.84. The number of esters is 1. The van der Waals surface area contributed by atoms with E-state index in [2.05, 4.69) is 4.72 Å². The predicted molar refractivity (Wildman–Crippen MR) is 98.5 cm³/mol. The van der Waals surface area contributed by atoms with Gasteiger partial charge in [0.15, 0.2) is 0 Å². The molecule has 0 aromatic heterocycles. The summed E-state index contributed by atoms with van der Waals surface area (Å²) in [4.78, 5) is 21.9. The van der Waals surface area contributed by atoms with E-state index in [9.17, 15) is 23.3 Å². The van der Waals surface area contributed by atoms with Gasteiger partial charge >= 0.3 is 5.97 Å². The number of nitrogens with zero attached hydrogens (tertiary/aromatic N) is 1. The van der Waals surface area contributed by atoms with Gasteiger partial charge in [0.2, 0.25) is 10.0 Å². The molecular formula is C17H25N3O6S. The van der Waals surface area contributed by atoms with Crippen molar-refractivity contribution in [3.8, 4) is 0 Å². The Morgan fingerprint density at radius 1 is 1.33 bits per heavy atom. The average Bonchev–Trinajstić information content (AvgIpc) is 3.06. The molecule has 3 N–H and O–H groups in total. The number of carbonyl (C=O) groups is 1. The normalized spacial score (nSPS) is 17.4. The van der Waals surface area contributed by atoms with Gasteiger partial charge in [0.1, 0.15) is 6.04 Å². The molecule has 1 saturated carbocycles. The standard InChI is InChI=1S/C17H25N3O6S/c1-26-16(21)15(5-4-12-17(18)10-2-3-11-17)19-27(24,25)14-8-6-13(7-9-14)20(22)23/h6-9,15,19H,2-5,10-12,18H2,1H3. The molecule has 27 heavy (non-hydrogen) atoms. The largest absolute Gasteiger partial charge is 0.468 e. The lowest BCUT2D eigenvalue weighted by molar-refractivity contribution is -0.384. The Morgan fingerprint density at radius 3 is 2.44 bits per heavy atom. The molecule has 2 rings (SSSR count). The van der Waals surface area contributed by atoms with Crippen LogP contribution < -0.4 is 10.5 Å². The number of methoxy groups -OCH3 is 1. The van der Waals surface area contributed by atoms with Gasteiger partial charge in [0, 0.05) is 17.7 Å². The summed E-state index contributed by atoms with van der Waals surface area (Å²) in [6, 6.07) is 3.41. The molecule has 9 nitrogen and oxygen atoms in total. The van der Waals surface area contributed by atoms with Gasteiger partial charge in [-0.15, -0.1) is 0 Å². The molecule has 10 heteroatoms. The molecule has 1 aliphatic carbocycles. The summed E-state index contributed by atoms with van der Waals surface area (Å²) < 4.78 is 32.1. The third-order valence-corrected chi connectivity index (χ3v) is 6.40. The number of benzene rings is 1. The maximum absolute atomic E-state index is 12.5. The predicted octanol–water partition coefficient (Wildman–Crippen LogP) is 1.86. The van der Waals surface area contributed by atoms with Crippen LogP contribution in [-0.2, 0) is 19.6 Å². The minimum atomic E-state index is -4.03. The van der Waals surface area contributed by atoms with E-state index in [1.165, 1.54) is 7.11 Å². The van der Waals surface area contributed by atoms with Crippen molar-refractivity contribution in [3.63, 3.8) is 0 Å². The maximum atomic E-state index is 12.5. The van der Waals surface area contributed by atoms with Crippen LogP contribution in [0.3, 0.4) is 0 Å². The zero-order valence-corrected chi connectivity index (χ0v) is 16.0. The molecule has 1 fully saturated rings. The van der Waals surface area contributed by atoms with Crippen molar-refractivity contribution in [2.45, 2.75) is 61.4 Å². The van der Waals surface area contributed by atoms with Gasteiger partial charge in [-0.05, 0) is 44.2 Å². The molecule has 1 unspecified atom stereocenters. The second-order valence-electron chi connectivity index (χ2n) is 6.91. The average molecular weight is 399 g/mol. The van der Waals surface area contributed by atoms with E-state index in [1.54, 1.807) is 0 Å². The highest BCUT2D eigenvalue weighted by Gasteiger charge is 2.31. The minimum absolute atomic E-state index is 0.159. The zero-order valence-electron chi connectivity index (χ0n) is 15.2. The monoisotopic (exact) mass is 399 g/mol. The van der Waals surface area contributed by atoms with Crippen molar-refractivity contribution in [1.82, 2.24) is 4.72 Å². The SMILES string of the molecule is COC(=O)C(CCCC1(N)CCCC1)NS(=O)(=O)c1ccc([N+](=O)[O-])cc1. The Morgan fingerprint density at radius 2 is 1.93 bits per heavy atom. The molecule has 0 radical (unpaired) electrons. The van der Waals surface area contributed by atoms with Crippen molar-refractivity contribution in [2.24, 2.45) is 5.73 Å². The van der Waals surface area contributed by atoms with Gasteiger partial charge in [-0.3, -0.25) is 14.9 Å². The number of hydrogen-bond donors (Lipinski definition) is 2. The molecule has 0 saturated heterocycles. The van der Waals surface area contributed by atoms with Gasteiger partial charge in [-0.25, -0.2) is 8.42 Å². The molecule has 1 aliphatic rings. The number of non-ortho nitro benzene ring substituents is 1. The molecular weight excluding hydrogens is 374 g/mol. The Hall–Kier alpha value is -2.04. The molecule has 0 spiro atoms. The first-order chi connectivity index (χ1) is 12.7. The first-order valence-corrected chi connectivity index (χ1v) is 10.3. The van der Waals surface area contributed by atoms with Crippen LogP contribution in [0.5, 0.6) is 0 Å². The number of hydrogen-bond acceptors (Lipinski definition) is 7. The summed E-state index contributed by atoms with van der Waals surface area (Å²) in [5.41, 5.74) is 5.84. The number of ether oxygens (including phenoxy) is 1. The molecule has 150 valence electrons. The van der Waals surface area contributed by atoms with Crippen molar-refractivity contribution in [2.75, 3.05) is 7.11 Å². The van der Waals surface area contributed by atoms with Crippen LogP contribution in [0.25, 0.3) is 0 Å². The summed E-state index contributed by atoms with van der Waals surface area (Å²) in [5, 5.41) is 10.7. The summed E-state index contributed by atoms with van der Waals surface area (Å²) in [6.07, 6.45) is 5.60. The summed E-state index contributed by atoms with van der Waals surface area (Å²) in [6.45, 7) is 0. The third-order valence-electron chi connectivity index (χ3n) is 4.91. The Labute approximate surface area is 158 Å². The van der Waals surface area contributed by atoms with Crippen molar-refractivity contribution in [3.05, 3.63) is 34.4 Å². The topological polar surface area (TPSA) is 142 Å². The minimum Gasteiger partial charge on any atom is -0.468 e. The molecule has 1 aromatic rings. The first-order valence-electron chi connectivity index (χ1n) is 8.80. The van der Waals surface area contributed by atoms with Crippen molar-refractivity contribution >= 4 is 21.7 Å². The number of sulfonamides is 1. The van der Waals surface area contributed by atoms with Gasteiger partial charge in [0.05, 0.1) is 16.9 Å². The molecule has 0 heterocycles. The lowest BCUT2D eigenvalue weighted by Gasteiger charge is -2.24. The summed E-state index contributed by atoms with van der Waals surface area (Å²) in [5.74, 6) is -0.682. The number of nitro groups is 1. The van der Waals surface area contributed by atoms with Crippen LogP contribution in [-0.4, -0.2) is 38.0 Å². The van der Waals surface area contributed by atoms with Crippen molar-refractivity contribution in [1.29, 1.82) is 0 Å². The van der Waals surface area contributed by atoms with E-state index in [0.29, 0.717) is 12.8 Å². The molecule has 0 aliphatic heterocycles. The van der Waals surface area contributed by atoms with E-state index in [0.717, 1.165) is 49.9 Å². The Kier molecular flexibility index (Phi) is 6.90. The smallest absolute Gasteiger partial charge is 0.323 e. The fourth-order valence-corrected chi connectivity index (χ4v) is 4.58. The van der Waals surface area contributed by atoms with Crippen LogP contribution >= 0.6 is 0 Å². The highest BCUT2D eigenvalue weighted by molar-refractivity contribution is 7.89. The zero-order chi connectivity index (χ0) is 20.1. The van der Waals surface area contributed by atoms with Gasteiger partial charge in [0.25, 0.3) is 5.69 Å².